The largest absolute Gasteiger partial charge is 0.302 e. The van der Waals surface area contributed by atoms with Crippen molar-refractivity contribution in [1.29, 1.82) is 0 Å². The van der Waals surface area contributed by atoms with Crippen molar-refractivity contribution >= 4 is 55.3 Å². The summed E-state index contributed by atoms with van der Waals surface area (Å²) in [6, 6.07) is 6.83. The maximum atomic E-state index is 12.7. The summed E-state index contributed by atoms with van der Waals surface area (Å²) < 4.78 is 27.4. The Morgan fingerprint density at radius 2 is 2.03 bits per heavy atom. The van der Waals surface area contributed by atoms with Gasteiger partial charge in [0, 0.05) is 42.3 Å². The van der Waals surface area contributed by atoms with Gasteiger partial charge in [-0.15, -0.1) is 22.7 Å². The summed E-state index contributed by atoms with van der Waals surface area (Å²) in [6.07, 6.45) is 4.34. The number of nitrogens with one attached hydrogen (secondary N) is 1. The zero-order chi connectivity index (χ0) is 20.4. The van der Waals surface area contributed by atoms with Crippen LogP contribution in [-0.2, 0) is 14.8 Å². The van der Waals surface area contributed by atoms with Crippen LogP contribution in [0.4, 0.5) is 5.13 Å². The minimum Gasteiger partial charge on any atom is -0.302 e. The molecule has 0 atom stereocenters. The highest BCUT2D eigenvalue weighted by Gasteiger charge is 2.33. The van der Waals surface area contributed by atoms with Gasteiger partial charge in [0.15, 0.2) is 5.13 Å². The minimum atomic E-state index is -3.56. The number of carbonyl (C=O) groups excluding carboxylic acids is 1. The van der Waals surface area contributed by atoms with E-state index in [4.69, 9.17) is 11.6 Å². The number of amides is 1. The highest BCUT2D eigenvalue weighted by Crippen LogP contribution is 2.31. The van der Waals surface area contributed by atoms with Crippen LogP contribution < -0.4 is 5.32 Å². The standard InChI is InChI=1S/C18H17ClN4O3S3/c19-15-3-4-16(28-15)29(25,26)23-8-5-12(6-9-23)17(24)22-18-21-14(11-27-18)13-2-1-7-20-10-13/h1-4,7,10-12H,5-6,8-9H2,(H,21,22,24). The Morgan fingerprint density at radius 1 is 1.24 bits per heavy atom. The van der Waals surface area contributed by atoms with Gasteiger partial charge in [-0.1, -0.05) is 11.6 Å². The normalized spacial score (nSPS) is 16.0. The van der Waals surface area contributed by atoms with E-state index >= 15 is 0 Å². The van der Waals surface area contributed by atoms with Gasteiger partial charge in [0.25, 0.3) is 10.0 Å². The number of carbonyl (C=O) groups is 1. The molecule has 1 amide bonds. The number of hydrogen-bond acceptors (Lipinski definition) is 7. The molecule has 0 aliphatic carbocycles. The third kappa shape index (κ3) is 4.51. The molecule has 0 bridgehead atoms. The number of thiazole rings is 1. The molecule has 1 saturated heterocycles. The van der Waals surface area contributed by atoms with Gasteiger partial charge in [-0.05, 0) is 37.1 Å². The first-order chi connectivity index (χ1) is 13.9. The Labute approximate surface area is 181 Å². The number of rotatable bonds is 5. The predicted octanol–water partition coefficient (Wildman–Crippen LogP) is 3.96. The van der Waals surface area contributed by atoms with Crippen LogP contribution in [0.5, 0.6) is 0 Å². The SMILES string of the molecule is O=C(Nc1nc(-c2cccnc2)cs1)C1CCN(S(=O)(=O)c2ccc(Cl)s2)CC1. The summed E-state index contributed by atoms with van der Waals surface area (Å²) in [4.78, 5) is 21.1. The van der Waals surface area contributed by atoms with Crippen molar-refractivity contribution in [2.45, 2.75) is 17.1 Å². The molecule has 11 heteroatoms. The average Bonchev–Trinajstić information content (AvgIpc) is 3.38. The summed E-state index contributed by atoms with van der Waals surface area (Å²) in [5.74, 6) is -0.382. The molecule has 29 heavy (non-hydrogen) atoms. The highest BCUT2D eigenvalue weighted by molar-refractivity contribution is 7.91. The molecule has 1 aliphatic heterocycles. The van der Waals surface area contributed by atoms with Gasteiger partial charge in [-0.2, -0.15) is 4.31 Å². The van der Waals surface area contributed by atoms with Crippen molar-refractivity contribution in [2.24, 2.45) is 5.92 Å². The van der Waals surface area contributed by atoms with Gasteiger partial charge in [0.1, 0.15) is 4.21 Å². The molecule has 4 rings (SSSR count). The number of pyridine rings is 1. The van der Waals surface area contributed by atoms with E-state index in [-0.39, 0.29) is 16.0 Å². The second kappa shape index (κ2) is 8.49. The van der Waals surface area contributed by atoms with Crippen LogP contribution in [0.1, 0.15) is 12.8 Å². The number of anilines is 1. The zero-order valence-electron chi connectivity index (χ0n) is 15.1. The molecule has 0 unspecified atom stereocenters. The van der Waals surface area contributed by atoms with Crippen molar-refractivity contribution in [1.82, 2.24) is 14.3 Å². The van der Waals surface area contributed by atoms with Crippen LogP contribution in [0.25, 0.3) is 11.3 Å². The van der Waals surface area contributed by atoms with Crippen LogP contribution in [0.2, 0.25) is 4.34 Å². The van der Waals surface area contributed by atoms with Crippen molar-refractivity contribution in [3.05, 3.63) is 46.4 Å². The number of thiophene rings is 1. The molecule has 0 aromatic carbocycles. The molecule has 1 N–H and O–H groups in total. The summed E-state index contributed by atoms with van der Waals surface area (Å²) in [5, 5.41) is 5.25. The van der Waals surface area contributed by atoms with Crippen molar-refractivity contribution in [3.8, 4) is 11.3 Å². The molecule has 3 aromatic heterocycles. The number of sulfonamides is 1. The van der Waals surface area contributed by atoms with Crippen LogP contribution in [-0.4, -0.2) is 41.7 Å². The molecule has 1 fully saturated rings. The summed E-state index contributed by atoms with van der Waals surface area (Å²) in [5.41, 5.74) is 1.64. The Bertz CT molecular complexity index is 1110. The lowest BCUT2D eigenvalue weighted by Crippen LogP contribution is -2.41. The number of halogens is 1. The Balaban J connectivity index is 1.35. The fourth-order valence-corrected chi connectivity index (χ4v) is 6.94. The third-order valence-electron chi connectivity index (χ3n) is 4.66. The van der Waals surface area contributed by atoms with Crippen LogP contribution in [0.15, 0.2) is 46.2 Å². The monoisotopic (exact) mass is 468 g/mol. The molecule has 0 saturated carbocycles. The van der Waals surface area contributed by atoms with E-state index in [0.717, 1.165) is 22.6 Å². The van der Waals surface area contributed by atoms with E-state index in [1.807, 2.05) is 17.5 Å². The molecule has 0 radical (unpaired) electrons. The number of hydrogen-bond donors (Lipinski definition) is 1. The lowest BCUT2D eigenvalue weighted by Gasteiger charge is -2.29. The smallest absolute Gasteiger partial charge is 0.252 e. The lowest BCUT2D eigenvalue weighted by molar-refractivity contribution is -0.120. The van der Waals surface area contributed by atoms with Gasteiger partial charge in [-0.25, -0.2) is 13.4 Å². The van der Waals surface area contributed by atoms with E-state index in [1.165, 1.54) is 21.7 Å². The maximum absolute atomic E-state index is 12.7. The van der Waals surface area contributed by atoms with E-state index < -0.39 is 10.0 Å². The third-order valence-corrected chi connectivity index (χ3v) is 9.01. The molecular weight excluding hydrogens is 452 g/mol. The van der Waals surface area contributed by atoms with Crippen LogP contribution in [0.3, 0.4) is 0 Å². The first-order valence-electron chi connectivity index (χ1n) is 8.86. The zero-order valence-corrected chi connectivity index (χ0v) is 18.3. The summed E-state index contributed by atoms with van der Waals surface area (Å²) in [7, 11) is -3.56. The number of aromatic nitrogens is 2. The fourth-order valence-electron chi connectivity index (χ4n) is 3.11. The number of nitrogens with zero attached hydrogens (tertiary/aromatic N) is 3. The van der Waals surface area contributed by atoms with Crippen molar-refractivity contribution in [3.63, 3.8) is 0 Å². The maximum Gasteiger partial charge on any atom is 0.252 e. The summed E-state index contributed by atoms with van der Waals surface area (Å²) in [6.45, 7) is 0.601. The highest BCUT2D eigenvalue weighted by atomic mass is 35.5. The van der Waals surface area contributed by atoms with Gasteiger partial charge in [0.05, 0.1) is 10.0 Å². The van der Waals surface area contributed by atoms with Crippen LogP contribution in [0, 0.1) is 5.92 Å². The lowest BCUT2D eigenvalue weighted by atomic mass is 9.97. The van der Waals surface area contributed by atoms with Gasteiger partial charge < -0.3 is 5.32 Å². The second-order valence-electron chi connectivity index (χ2n) is 6.51. The van der Waals surface area contributed by atoms with Crippen molar-refractivity contribution in [2.75, 3.05) is 18.4 Å². The van der Waals surface area contributed by atoms with E-state index in [0.29, 0.717) is 35.4 Å². The van der Waals surface area contributed by atoms with E-state index in [9.17, 15) is 13.2 Å². The molecule has 4 heterocycles. The van der Waals surface area contributed by atoms with E-state index in [1.54, 1.807) is 18.5 Å². The second-order valence-corrected chi connectivity index (χ2v) is 11.2. The molecule has 152 valence electrons. The summed E-state index contributed by atoms with van der Waals surface area (Å²) >= 11 is 8.26. The molecule has 1 aliphatic rings. The van der Waals surface area contributed by atoms with Gasteiger partial charge in [-0.3, -0.25) is 9.78 Å². The average molecular weight is 469 g/mol. The van der Waals surface area contributed by atoms with Crippen LogP contribution >= 0.6 is 34.3 Å². The fraction of sp³-hybridized carbons (Fsp3) is 0.278. The minimum absolute atomic E-state index is 0.131. The van der Waals surface area contributed by atoms with Gasteiger partial charge >= 0.3 is 0 Å². The Morgan fingerprint density at radius 3 is 2.69 bits per heavy atom. The topological polar surface area (TPSA) is 92.3 Å². The molecule has 7 nitrogen and oxygen atoms in total. The van der Waals surface area contributed by atoms with Gasteiger partial charge in [0.2, 0.25) is 5.91 Å². The molecule has 0 spiro atoms. The number of piperidine rings is 1. The van der Waals surface area contributed by atoms with E-state index in [2.05, 4.69) is 15.3 Å². The Hall–Kier alpha value is -1.85. The van der Waals surface area contributed by atoms with Crippen molar-refractivity contribution < 1.29 is 13.2 Å². The molecular formula is C18H17ClN4O3S3. The molecule has 3 aromatic rings. The predicted molar refractivity (Wildman–Crippen MR) is 115 cm³/mol. The first kappa shape index (κ1) is 20.4. The Kier molecular flexibility index (Phi) is 5.98. The first-order valence-corrected chi connectivity index (χ1v) is 12.4. The quantitative estimate of drug-likeness (QED) is 0.611.